The average molecular weight is 349 g/mol. The Bertz CT molecular complexity index is 651. The molecule has 110 valence electrons. The van der Waals surface area contributed by atoms with E-state index in [0.29, 0.717) is 15.9 Å². The Hall–Kier alpha value is -2.02. The molecule has 0 radical (unpaired) electrons. The van der Waals surface area contributed by atoms with Crippen LogP contribution in [0.15, 0.2) is 21.2 Å². The number of nitrogens with two attached hydrogens (primary N) is 1. The second-order valence-electron chi connectivity index (χ2n) is 4.47. The molecule has 0 aliphatic carbocycles. The van der Waals surface area contributed by atoms with Crippen LogP contribution in [0.1, 0.15) is 18.6 Å². The smallest absolute Gasteiger partial charge is 0.204 e. The van der Waals surface area contributed by atoms with Gasteiger partial charge in [-0.25, -0.2) is 4.98 Å². The largest absolute Gasteiger partial charge is 0.444 e. The van der Waals surface area contributed by atoms with Crippen LogP contribution in [0, 0.1) is 24.2 Å². The summed E-state index contributed by atoms with van der Waals surface area (Å²) in [6, 6.07) is 3.53. The lowest BCUT2D eigenvalue weighted by molar-refractivity contribution is 0.418. The van der Waals surface area contributed by atoms with E-state index in [1.54, 1.807) is 6.07 Å². The molecule has 0 unspecified atom stereocenters. The third-order valence-corrected chi connectivity index (χ3v) is 3.82. The van der Waals surface area contributed by atoms with E-state index < -0.39 is 0 Å². The van der Waals surface area contributed by atoms with Gasteiger partial charge in [-0.15, -0.1) is 12.8 Å². The molecule has 6 heteroatoms. The summed E-state index contributed by atoms with van der Waals surface area (Å²) >= 11 is 3.27. The number of rotatable bonds is 0. The molecule has 0 amide bonds. The maximum absolute atomic E-state index is 8.59. The van der Waals surface area contributed by atoms with Crippen molar-refractivity contribution in [2.75, 3.05) is 25.9 Å². The molecule has 2 aromatic rings. The van der Waals surface area contributed by atoms with Crippen molar-refractivity contribution in [2.45, 2.75) is 12.8 Å². The molecule has 21 heavy (non-hydrogen) atoms. The summed E-state index contributed by atoms with van der Waals surface area (Å²) in [5, 5.41) is 9.36. The standard InChI is InChI=1S/C8H4BrN3O.C5H11N.C2H2/c9-7-5-1-4(2-10)13-6(5)3-12-8(7)11;1-6-4-2-3-5-6;1-2/h1,3H,(H2,11,12);2-5H2,1H3;1-2H. The number of halogens is 1. The quantitative estimate of drug-likeness (QED) is 0.740. The van der Waals surface area contributed by atoms with Gasteiger partial charge in [0.25, 0.3) is 0 Å². The van der Waals surface area contributed by atoms with E-state index in [2.05, 4.69) is 45.7 Å². The van der Waals surface area contributed by atoms with Gasteiger partial charge >= 0.3 is 0 Å². The van der Waals surface area contributed by atoms with Gasteiger partial charge < -0.3 is 15.1 Å². The number of hydrogen-bond donors (Lipinski definition) is 1. The molecule has 2 N–H and O–H groups in total. The summed E-state index contributed by atoms with van der Waals surface area (Å²) in [6.45, 7) is 2.64. The van der Waals surface area contributed by atoms with E-state index >= 15 is 0 Å². The fourth-order valence-corrected chi connectivity index (χ4v) is 2.34. The number of furan rings is 1. The van der Waals surface area contributed by atoms with Crippen molar-refractivity contribution in [1.29, 1.82) is 5.26 Å². The summed E-state index contributed by atoms with van der Waals surface area (Å²) in [7, 11) is 2.17. The SMILES string of the molecule is C#C.CN1CCCC1.N#Cc1cc2c(Br)c(N)ncc2o1. The van der Waals surface area contributed by atoms with Crippen LogP contribution >= 0.6 is 15.9 Å². The van der Waals surface area contributed by atoms with Gasteiger partial charge in [-0.1, -0.05) is 0 Å². The first-order chi connectivity index (χ1) is 10.1. The third kappa shape index (κ3) is 4.49. The molecule has 0 saturated carbocycles. The van der Waals surface area contributed by atoms with Crippen LogP contribution < -0.4 is 5.73 Å². The molecule has 1 fully saturated rings. The van der Waals surface area contributed by atoms with E-state index in [4.69, 9.17) is 15.4 Å². The Balaban J connectivity index is 0.000000231. The molecule has 3 rings (SSSR count). The van der Waals surface area contributed by atoms with Crippen LogP contribution in [0.4, 0.5) is 5.82 Å². The lowest BCUT2D eigenvalue weighted by Gasteiger charge is -2.01. The average Bonchev–Trinajstić information content (AvgIpc) is 3.14. The maximum Gasteiger partial charge on any atom is 0.204 e. The molecule has 0 bridgehead atoms. The van der Waals surface area contributed by atoms with Gasteiger partial charge in [-0.3, -0.25) is 0 Å². The Morgan fingerprint density at radius 1 is 1.43 bits per heavy atom. The Kier molecular flexibility index (Phi) is 6.74. The minimum Gasteiger partial charge on any atom is -0.444 e. The highest BCUT2D eigenvalue weighted by molar-refractivity contribution is 9.10. The molecular formula is C15H17BrN4O. The number of hydrogen-bond acceptors (Lipinski definition) is 5. The number of fused-ring (bicyclic) bond motifs is 1. The highest BCUT2D eigenvalue weighted by Gasteiger charge is 2.09. The van der Waals surface area contributed by atoms with E-state index in [0.717, 1.165) is 5.39 Å². The molecule has 3 heterocycles. The normalized spacial score (nSPS) is 13.7. The molecule has 1 aliphatic rings. The predicted molar refractivity (Wildman–Crippen MR) is 87.5 cm³/mol. The lowest BCUT2D eigenvalue weighted by Crippen LogP contribution is -2.10. The second-order valence-corrected chi connectivity index (χ2v) is 5.26. The van der Waals surface area contributed by atoms with Gasteiger partial charge in [-0.05, 0) is 48.9 Å². The van der Waals surface area contributed by atoms with Crippen molar-refractivity contribution >= 4 is 32.7 Å². The van der Waals surface area contributed by atoms with Crippen LogP contribution in [0.25, 0.3) is 11.0 Å². The molecule has 5 nitrogen and oxygen atoms in total. The van der Waals surface area contributed by atoms with Gasteiger partial charge in [0.15, 0.2) is 5.58 Å². The van der Waals surface area contributed by atoms with Crippen LogP contribution in [-0.2, 0) is 0 Å². The maximum atomic E-state index is 8.59. The van der Waals surface area contributed by atoms with Gasteiger partial charge in [0.2, 0.25) is 5.76 Å². The number of nitriles is 1. The highest BCUT2D eigenvalue weighted by atomic mass is 79.9. The Morgan fingerprint density at radius 2 is 2.05 bits per heavy atom. The summed E-state index contributed by atoms with van der Waals surface area (Å²) in [5.74, 6) is 0.640. The van der Waals surface area contributed by atoms with Crippen molar-refractivity contribution < 1.29 is 4.42 Å². The fourth-order valence-electron chi connectivity index (χ4n) is 1.93. The number of pyridine rings is 1. The Morgan fingerprint density at radius 3 is 2.52 bits per heavy atom. The van der Waals surface area contributed by atoms with Gasteiger partial charge in [0, 0.05) is 11.5 Å². The molecule has 0 spiro atoms. The molecular weight excluding hydrogens is 332 g/mol. The van der Waals surface area contributed by atoms with Crippen molar-refractivity contribution in [3.8, 4) is 18.9 Å². The molecule has 2 aromatic heterocycles. The fraction of sp³-hybridized carbons (Fsp3) is 0.333. The predicted octanol–water partition coefficient (Wildman–Crippen LogP) is 3.01. The number of nitrogen functional groups attached to an aromatic ring is 1. The second kappa shape index (κ2) is 8.31. The summed E-state index contributed by atoms with van der Waals surface area (Å²) in [6.07, 6.45) is 12.3. The van der Waals surface area contributed by atoms with Crippen LogP contribution in [-0.4, -0.2) is 30.0 Å². The van der Waals surface area contributed by atoms with Crippen molar-refractivity contribution in [2.24, 2.45) is 0 Å². The number of nitrogens with zero attached hydrogens (tertiary/aromatic N) is 3. The first kappa shape index (κ1) is 17.0. The zero-order valence-corrected chi connectivity index (χ0v) is 13.4. The number of terminal acetylenes is 1. The van der Waals surface area contributed by atoms with Crippen LogP contribution in [0.2, 0.25) is 0 Å². The van der Waals surface area contributed by atoms with Crippen molar-refractivity contribution in [1.82, 2.24) is 9.88 Å². The highest BCUT2D eigenvalue weighted by Crippen LogP contribution is 2.29. The summed E-state index contributed by atoms with van der Waals surface area (Å²) < 4.78 is 5.81. The first-order valence-electron chi connectivity index (χ1n) is 6.37. The van der Waals surface area contributed by atoms with E-state index in [-0.39, 0.29) is 5.76 Å². The number of anilines is 1. The summed E-state index contributed by atoms with van der Waals surface area (Å²) in [5.41, 5.74) is 6.11. The molecule has 1 aliphatic heterocycles. The van der Waals surface area contributed by atoms with E-state index in [1.807, 2.05) is 6.07 Å². The third-order valence-electron chi connectivity index (χ3n) is 2.98. The minimum atomic E-state index is 0.253. The molecule has 0 atom stereocenters. The van der Waals surface area contributed by atoms with E-state index in [9.17, 15) is 0 Å². The monoisotopic (exact) mass is 348 g/mol. The topological polar surface area (TPSA) is 79.1 Å². The van der Waals surface area contributed by atoms with Crippen LogP contribution in [0.3, 0.4) is 0 Å². The zero-order chi connectivity index (χ0) is 15.8. The van der Waals surface area contributed by atoms with E-state index in [1.165, 1.54) is 32.1 Å². The van der Waals surface area contributed by atoms with Crippen molar-refractivity contribution in [3.63, 3.8) is 0 Å². The zero-order valence-electron chi connectivity index (χ0n) is 11.8. The molecule has 0 aromatic carbocycles. The number of likely N-dealkylation sites (tertiary alicyclic amines) is 1. The number of aromatic nitrogens is 1. The minimum absolute atomic E-state index is 0.253. The van der Waals surface area contributed by atoms with Gasteiger partial charge in [-0.2, -0.15) is 5.26 Å². The van der Waals surface area contributed by atoms with Crippen molar-refractivity contribution in [3.05, 3.63) is 22.5 Å². The Labute approximate surface area is 132 Å². The van der Waals surface area contributed by atoms with Gasteiger partial charge in [0.05, 0.1) is 10.7 Å². The van der Waals surface area contributed by atoms with Gasteiger partial charge in [0.1, 0.15) is 11.9 Å². The first-order valence-corrected chi connectivity index (χ1v) is 7.16. The lowest BCUT2D eigenvalue weighted by atomic mass is 10.3. The molecule has 1 saturated heterocycles. The van der Waals surface area contributed by atoms with Crippen LogP contribution in [0.5, 0.6) is 0 Å². The summed E-state index contributed by atoms with van der Waals surface area (Å²) in [4.78, 5) is 6.24.